The number of nitrogens with zero attached hydrogens (tertiary/aromatic N) is 1. The average Bonchev–Trinajstić information content (AvgIpc) is 2.62. The normalized spacial score (nSPS) is 12.3. The van der Waals surface area contributed by atoms with Crippen molar-refractivity contribution in [1.82, 2.24) is 4.90 Å². The molecule has 0 spiro atoms. The van der Waals surface area contributed by atoms with Gasteiger partial charge in [-0.05, 0) is 74.3 Å². The monoisotopic (exact) mass is 361 g/mol. The van der Waals surface area contributed by atoms with Gasteiger partial charge in [-0.15, -0.1) is 0 Å². The van der Waals surface area contributed by atoms with Crippen LogP contribution in [0.3, 0.4) is 0 Å². The Morgan fingerprint density at radius 2 is 1.60 bits per heavy atom. The Bertz CT molecular complexity index is 683. The molecule has 2 aromatic rings. The first-order valence-electron chi connectivity index (χ1n) is 8.65. The highest BCUT2D eigenvalue weighted by Gasteiger charge is 2.20. The molecule has 25 heavy (non-hydrogen) atoms. The smallest absolute Gasteiger partial charge is 0.161 e. The largest absolute Gasteiger partial charge is 0.493 e. The number of rotatable bonds is 8. The standard InChI is InChI=1S/C21H28ClNO2/c1-6-16-13-20(24-4)21(25-5)14-18(16)19(23(2)3)12-9-15-7-10-17(22)11-8-15/h7-8,10-11,13-14,19H,6,9,12H2,1-5H3/t19-/m1/s1. The van der Waals surface area contributed by atoms with Gasteiger partial charge in [0.2, 0.25) is 0 Å². The van der Waals surface area contributed by atoms with Crippen molar-refractivity contribution in [1.29, 1.82) is 0 Å². The highest BCUT2D eigenvalue weighted by molar-refractivity contribution is 6.30. The van der Waals surface area contributed by atoms with Gasteiger partial charge in [0.1, 0.15) is 0 Å². The van der Waals surface area contributed by atoms with Crippen LogP contribution in [0.2, 0.25) is 5.02 Å². The van der Waals surface area contributed by atoms with Gasteiger partial charge in [-0.1, -0.05) is 30.7 Å². The van der Waals surface area contributed by atoms with Gasteiger partial charge in [-0.3, -0.25) is 0 Å². The van der Waals surface area contributed by atoms with E-state index in [4.69, 9.17) is 21.1 Å². The lowest BCUT2D eigenvalue weighted by atomic mass is 9.92. The first-order valence-corrected chi connectivity index (χ1v) is 9.03. The van der Waals surface area contributed by atoms with Gasteiger partial charge in [-0.2, -0.15) is 0 Å². The second-order valence-electron chi connectivity index (χ2n) is 6.40. The summed E-state index contributed by atoms with van der Waals surface area (Å²) in [5.74, 6) is 1.58. The molecule has 0 aromatic heterocycles. The van der Waals surface area contributed by atoms with Crippen molar-refractivity contribution in [3.8, 4) is 11.5 Å². The molecule has 2 aromatic carbocycles. The molecule has 0 aliphatic carbocycles. The van der Waals surface area contributed by atoms with Crippen LogP contribution in [-0.4, -0.2) is 33.2 Å². The first kappa shape index (κ1) is 19.6. The van der Waals surface area contributed by atoms with Crippen LogP contribution in [0, 0.1) is 0 Å². The molecular formula is C21H28ClNO2. The van der Waals surface area contributed by atoms with E-state index in [1.54, 1.807) is 14.2 Å². The summed E-state index contributed by atoms with van der Waals surface area (Å²) in [6, 6.07) is 12.7. The van der Waals surface area contributed by atoms with Crippen LogP contribution in [0.1, 0.15) is 36.1 Å². The molecule has 1 atom stereocenters. The molecule has 0 N–H and O–H groups in total. The minimum atomic E-state index is 0.311. The second kappa shape index (κ2) is 9.12. The molecule has 0 aliphatic heterocycles. The van der Waals surface area contributed by atoms with Crippen LogP contribution in [0.15, 0.2) is 36.4 Å². The Hall–Kier alpha value is -1.71. The minimum Gasteiger partial charge on any atom is -0.493 e. The van der Waals surface area contributed by atoms with Crippen LogP contribution < -0.4 is 9.47 Å². The van der Waals surface area contributed by atoms with Crippen molar-refractivity contribution < 1.29 is 9.47 Å². The van der Waals surface area contributed by atoms with E-state index in [9.17, 15) is 0 Å². The number of aryl methyl sites for hydroxylation is 2. The second-order valence-corrected chi connectivity index (χ2v) is 6.84. The Kier molecular flexibility index (Phi) is 7.15. The van der Waals surface area contributed by atoms with E-state index in [1.165, 1.54) is 16.7 Å². The van der Waals surface area contributed by atoms with Crippen LogP contribution >= 0.6 is 11.6 Å². The van der Waals surface area contributed by atoms with Crippen molar-refractivity contribution in [2.75, 3.05) is 28.3 Å². The molecule has 2 rings (SSSR count). The van der Waals surface area contributed by atoms with Gasteiger partial charge < -0.3 is 14.4 Å². The molecule has 3 nitrogen and oxygen atoms in total. The van der Waals surface area contributed by atoms with Gasteiger partial charge in [0.15, 0.2) is 11.5 Å². The fraction of sp³-hybridized carbons (Fsp3) is 0.429. The van der Waals surface area contributed by atoms with Crippen molar-refractivity contribution in [2.45, 2.75) is 32.2 Å². The van der Waals surface area contributed by atoms with E-state index in [0.717, 1.165) is 35.8 Å². The van der Waals surface area contributed by atoms with Crippen LogP contribution in [0.4, 0.5) is 0 Å². The average molecular weight is 362 g/mol. The third kappa shape index (κ3) is 4.90. The summed E-state index contributed by atoms with van der Waals surface area (Å²) in [6.45, 7) is 2.18. The predicted molar refractivity (Wildman–Crippen MR) is 105 cm³/mol. The third-order valence-electron chi connectivity index (χ3n) is 4.63. The van der Waals surface area contributed by atoms with E-state index in [1.807, 2.05) is 12.1 Å². The summed E-state index contributed by atoms with van der Waals surface area (Å²) < 4.78 is 11.0. The summed E-state index contributed by atoms with van der Waals surface area (Å²) in [5.41, 5.74) is 3.90. The number of ether oxygens (including phenoxy) is 2. The number of benzene rings is 2. The Morgan fingerprint density at radius 1 is 1.00 bits per heavy atom. The SMILES string of the molecule is CCc1cc(OC)c(OC)cc1[C@@H](CCc1ccc(Cl)cc1)N(C)C. The fourth-order valence-corrected chi connectivity index (χ4v) is 3.33. The fourth-order valence-electron chi connectivity index (χ4n) is 3.20. The Morgan fingerprint density at radius 3 is 2.12 bits per heavy atom. The Labute approximate surface area is 156 Å². The van der Waals surface area contributed by atoms with E-state index in [2.05, 4.69) is 50.2 Å². The number of halogens is 1. The zero-order valence-electron chi connectivity index (χ0n) is 15.8. The molecule has 0 amide bonds. The van der Waals surface area contributed by atoms with Crippen molar-refractivity contribution >= 4 is 11.6 Å². The molecular weight excluding hydrogens is 334 g/mol. The lowest BCUT2D eigenvalue weighted by Crippen LogP contribution is -2.22. The third-order valence-corrected chi connectivity index (χ3v) is 4.88. The van der Waals surface area contributed by atoms with Gasteiger partial charge in [0.05, 0.1) is 14.2 Å². The maximum absolute atomic E-state index is 5.99. The zero-order chi connectivity index (χ0) is 18.4. The van der Waals surface area contributed by atoms with Gasteiger partial charge in [-0.25, -0.2) is 0 Å². The summed E-state index contributed by atoms with van der Waals surface area (Å²) in [7, 11) is 7.62. The highest BCUT2D eigenvalue weighted by atomic mass is 35.5. The van der Waals surface area contributed by atoms with E-state index in [0.29, 0.717) is 6.04 Å². The number of hydrogen-bond acceptors (Lipinski definition) is 3. The lowest BCUT2D eigenvalue weighted by molar-refractivity contribution is 0.280. The van der Waals surface area contributed by atoms with Crippen LogP contribution in [0.5, 0.6) is 11.5 Å². The molecule has 0 aliphatic rings. The van der Waals surface area contributed by atoms with Gasteiger partial charge in [0, 0.05) is 11.1 Å². The first-order chi connectivity index (χ1) is 12.0. The summed E-state index contributed by atoms with van der Waals surface area (Å²) in [6.07, 6.45) is 2.98. The molecule has 4 heteroatoms. The maximum atomic E-state index is 5.99. The van der Waals surface area contributed by atoms with E-state index < -0.39 is 0 Å². The number of methoxy groups -OCH3 is 2. The summed E-state index contributed by atoms with van der Waals surface area (Å²) >= 11 is 5.99. The minimum absolute atomic E-state index is 0.311. The summed E-state index contributed by atoms with van der Waals surface area (Å²) in [4.78, 5) is 2.27. The lowest BCUT2D eigenvalue weighted by Gasteiger charge is -2.28. The Balaban J connectivity index is 2.30. The topological polar surface area (TPSA) is 21.7 Å². The van der Waals surface area contributed by atoms with Gasteiger partial charge >= 0.3 is 0 Å². The molecule has 0 saturated carbocycles. The van der Waals surface area contributed by atoms with Crippen LogP contribution in [-0.2, 0) is 12.8 Å². The van der Waals surface area contributed by atoms with Crippen molar-refractivity contribution in [2.24, 2.45) is 0 Å². The van der Waals surface area contributed by atoms with Crippen molar-refractivity contribution in [3.05, 3.63) is 58.1 Å². The quantitative estimate of drug-likeness (QED) is 0.648. The number of hydrogen-bond donors (Lipinski definition) is 0. The molecule has 0 radical (unpaired) electrons. The zero-order valence-corrected chi connectivity index (χ0v) is 16.6. The molecule has 0 unspecified atom stereocenters. The molecule has 0 fully saturated rings. The highest BCUT2D eigenvalue weighted by Crippen LogP contribution is 2.36. The van der Waals surface area contributed by atoms with Crippen molar-refractivity contribution in [3.63, 3.8) is 0 Å². The maximum Gasteiger partial charge on any atom is 0.161 e. The molecule has 0 saturated heterocycles. The molecule has 136 valence electrons. The predicted octanol–water partition coefficient (Wildman–Crippen LogP) is 5.16. The van der Waals surface area contributed by atoms with Crippen LogP contribution in [0.25, 0.3) is 0 Å². The van der Waals surface area contributed by atoms with Gasteiger partial charge in [0.25, 0.3) is 0 Å². The molecule has 0 heterocycles. The van der Waals surface area contributed by atoms with E-state index >= 15 is 0 Å². The summed E-state index contributed by atoms with van der Waals surface area (Å²) in [5, 5.41) is 0.779. The molecule has 0 bridgehead atoms. The van der Waals surface area contributed by atoms with E-state index in [-0.39, 0.29) is 0 Å².